The Labute approximate surface area is 164 Å². The molecule has 2 aromatic rings. The van der Waals surface area contributed by atoms with Crippen LogP contribution < -0.4 is 5.32 Å². The van der Waals surface area contributed by atoms with E-state index in [4.69, 9.17) is 14.2 Å². The van der Waals surface area contributed by atoms with Crippen LogP contribution in [0.1, 0.15) is 30.4 Å². The zero-order valence-electron chi connectivity index (χ0n) is 16.0. The van der Waals surface area contributed by atoms with Crippen LogP contribution in [0.2, 0.25) is 0 Å². The molecule has 0 heterocycles. The highest BCUT2D eigenvalue weighted by Gasteiger charge is 2.28. The van der Waals surface area contributed by atoms with E-state index in [0.29, 0.717) is 32.8 Å². The van der Waals surface area contributed by atoms with Crippen LogP contribution in [0.15, 0.2) is 48.5 Å². The highest BCUT2D eigenvalue weighted by atomic mass is 16.6. The summed E-state index contributed by atoms with van der Waals surface area (Å²) in [4.78, 5) is 22.6. The number of ether oxygens (including phenoxy) is 3. The Morgan fingerprint density at radius 2 is 1.54 bits per heavy atom. The van der Waals surface area contributed by atoms with Gasteiger partial charge in [0.1, 0.15) is 13.2 Å². The lowest BCUT2D eigenvalue weighted by molar-refractivity contribution is -0.142. The van der Waals surface area contributed by atoms with Crippen molar-refractivity contribution < 1.29 is 23.8 Å². The molecule has 6 nitrogen and oxygen atoms in total. The fourth-order valence-electron chi connectivity index (χ4n) is 3.36. The second-order valence-corrected chi connectivity index (χ2v) is 6.56. The molecule has 0 bridgehead atoms. The van der Waals surface area contributed by atoms with Crippen LogP contribution in [0.25, 0.3) is 11.1 Å². The van der Waals surface area contributed by atoms with Gasteiger partial charge in [0.25, 0.3) is 0 Å². The normalized spacial score (nSPS) is 12.2. The molecule has 1 N–H and O–H groups in total. The van der Waals surface area contributed by atoms with Gasteiger partial charge >= 0.3 is 12.1 Å². The fraction of sp³-hybridized carbons (Fsp3) is 0.364. The third kappa shape index (κ3) is 5.10. The molecular weight excluding hydrogens is 358 g/mol. The highest BCUT2D eigenvalue weighted by molar-refractivity contribution is 5.79. The van der Waals surface area contributed by atoms with Gasteiger partial charge < -0.3 is 19.5 Å². The van der Waals surface area contributed by atoms with Crippen molar-refractivity contribution in [1.82, 2.24) is 5.32 Å². The van der Waals surface area contributed by atoms with Gasteiger partial charge in [-0.3, -0.25) is 4.79 Å². The van der Waals surface area contributed by atoms with Crippen LogP contribution in [-0.2, 0) is 19.0 Å². The van der Waals surface area contributed by atoms with Crippen LogP contribution in [0, 0.1) is 0 Å². The van der Waals surface area contributed by atoms with Gasteiger partial charge in [0, 0.05) is 26.0 Å². The summed E-state index contributed by atoms with van der Waals surface area (Å²) >= 11 is 0. The summed E-state index contributed by atoms with van der Waals surface area (Å²) in [5.41, 5.74) is 4.80. The number of esters is 1. The van der Waals surface area contributed by atoms with Crippen molar-refractivity contribution >= 4 is 12.1 Å². The van der Waals surface area contributed by atoms with E-state index in [0.717, 1.165) is 0 Å². The maximum absolute atomic E-state index is 12.0. The third-order valence-corrected chi connectivity index (χ3v) is 4.61. The number of hydrogen-bond donors (Lipinski definition) is 1. The third-order valence-electron chi connectivity index (χ3n) is 4.61. The second-order valence-electron chi connectivity index (χ2n) is 6.56. The lowest BCUT2D eigenvalue weighted by Gasteiger charge is -2.14. The molecule has 28 heavy (non-hydrogen) atoms. The molecule has 0 saturated heterocycles. The van der Waals surface area contributed by atoms with E-state index < -0.39 is 6.09 Å². The Kier molecular flexibility index (Phi) is 7.03. The largest absolute Gasteiger partial charge is 0.463 e. The zero-order chi connectivity index (χ0) is 19.8. The van der Waals surface area contributed by atoms with Crippen LogP contribution in [0.5, 0.6) is 0 Å². The highest BCUT2D eigenvalue weighted by Crippen LogP contribution is 2.44. The molecule has 1 aliphatic rings. The Bertz CT molecular complexity index is 775. The van der Waals surface area contributed by atoms with E-state index in [1.165, 1.54) is 29.2 Å². The van der Waals surface area contributed by atoms with Gasteiger partial charge in [0.05, 0.1) is 6.61 Å². The van der Waals surface area contributed by atoms with Crippen molar-refractivity contribution in [2.45, 2.75) is 19.3 Å². The molecule has 0 aliphatic heterocycles. The Morgan fingerprint density at radius 3 is 2.18 bits per heavy atom. The summed E-state index contributed by atoms with van der Waals surface area (Å²) in [5, 5.41) is 2.74. The van der Waals surface area contributed by atoms with Gasteiger partial charge in [0.15, 0.2) is 0 Å². The van der Waals surface area contributed by atoms with Gasteiger partial charge in [-0.25, -0.2) is 4.79 Å². The van der Waals surface area contributed by atoms with Crippen LogP contribution in [0.4, 0.5) is 4.79 Å². The smallest absolute Gasteiger partial charge is 0.407 e. The summed E-state index contributed by atoms with van der Waals surface area (Å²) in [6.07, 6.45) is 0.228. The second kappa shape index (κ2) is 9.90. The number of hydrogen-bond acceptors (Lipinski definition) is 5. The SMILES string of the molecule is CC(=O)OCCOCCCNC(=O)OCC1c2ccccc2-c2ccccc21. The lowest BCUT2D eigenvalue weighted by Crippen LogP contribution is -2.27. The Balaban J connectivity index is 1.39. The number of amides is 1. The maximum atomic E-state index is 12.0. The lowest BCUT2D eigenvalue weighted by atomic mass is 9.98. The first-order valence-electron chi connectivity index (χ1n) is 9.47. The molecule has 0 unspecified atom stereocenters. The summed E-state index contributed by atoms with van der Waals surface area (Å²) < 4.78 is 15.5. The number of rotatable bonds is 9. The van der Waals surface area contributed by atoms with Crippen molar-refractivity contribution in [3.63, 3.8) is 0 Å². The first-order chi connectivity index (χ1) is 13.7. The summed E-state index contributed by atoms with van der Waals surface area (Å²) in [7, 11) is 0. The van der Waals surface area contributed by atoms with Gasteiger partial charge in [-0.2, -0.15) is 0 Å². The first-order valence-corrected chi connectivity index (χ1v) is 9.47. The molecule has 3 rings (SSSR count). The minimum atomic E-state index is -0.429. The molecule has 0 atom stereocenters. The van der Waals surface area contributed by atoms with Crippen molar-refractivity contribution in [2.24, 2.45) is 0 Å². The quantitative estimate of drug-likeness (QED) is 0.530. The van der Waals surface area contributed by atoms with E-state index >= 15 is 0 Å². The van der Waals surface area contributed by atoms with Crippen LogP contribution >= 0.6 is 0 Å². The summed E-state index contributed by atoms with van der Waals surface area (Å²) in [6.45, 7) is 3.20. The van der Waals surface area contributed by atoms with Crippen molar-refractivity contribution in [2.75, 3.05) is 33.0 Å². The van der Waals surface area contributed by atoms with Gasteiger partial charge in [0.2, 0.25) is 0 Å². The molecule has 2 aromatic carbocycles. The van der Waals surface area contributed by atoms with Gasteiger partial charge in [-0.15, -0.1) is 0 Å². The van der Waals surface area contributed by atoms with E-state index in [1.807, 2.05) is 24.3 Å². The molecule has 1 amide bonds. The minimum Gasteiger partial charge on any atom is -0.463 e. The van der Waals surface area contributed by atoms with E-state index in [2.05, 4.69) is 29.6 Å². The number of alkyl carbamates (subject to hydrolysis) is 1. The minimum absolute atomic E-state index is 0.0581. The number of fused-ring (bicyclic) bond motifs is 3. The molecule has 0 saturated carbocycles. The van der Waals surface area contributed by atoms with E-state index in [1.54, 1.807) is 0 Å². The molecular formula is C22H25NO5. The Hall–Kier alpha value is -2.86. The summed E-state index contributed by atoms with van der Waals surface area (Å²) in [5.74, 6) is -0.261. The number of nitrogens with one attached hydrogen (secondary N) is 1. The zero-order valence-corrected chi connectivity index (χ0v) is 16.0. The molecule has 148 valence electrons. The Morgan fingerprint density at radius 1 is 0.893 bits per heavy atom. The predicted octanol–water partition coefficient (Wildman–Crippen LogP) is 3.49. The van der Waals surface area contributed by atoms with Crippen LogP contribution in [-0.4, -0.2) is 45.0 Å². The standard InChI is InChI=1S/C22H25NO5/c1-16(24)27-14-13-26-12-6-11-23-22(25)28-15-21-19-9-4-2-7-17(19)18-8-3-5-10-20(18)21/h2-5,7-10,21H,6,11-15H2,1H3,(H,23,25). The number of carbonyl (C=O) groups excluding carboxylic acids is 2. The van der Waals surface area contributed by atoms with E-state index in [9.17, 15) is 9.59 Å². The van der Waals surface area contributed by atoms with Gasteiger partial charge in [-0.05, 0) is 28.7 Å². The fourth-order valence-corrected chi connectivity index (χ4v) is 3.36. The predicted molar refractivity (Wildman–Crippen MR) is 105 cm³/mol. The molecule has 1 aliphatic carbocycles. The molecule has 0 radical (unpaired) electrons. The number of benzene rings is 2. The molecule has 0 aromatic heterocycles. The monoisotopic (exact) mass is 383 g/mol. The van der Waals surface area contributed by atoms with Crippen molar-refractivity contribution in [1.29, 1.82) is 0 Å². The van der Waals surface area contributed by atoms with Crippen molar-refractivity contribution in [3.8, 4) is 11.1 Å². The molecule has 0 fully saturated rings. The number of carbonyl (C=O) groups is 2. The molecule has 6 heteroatoms. The first kappa shape index (κ1) is 19.9. The van der Waals surface area contributed by atoms with Crippen LogP contribution in [0.3, 0.4) is 0 Å². The van der Waals surface area contributed by atoms with E-state index in [-0.39, 0.29) is 18.5 Å². The maximum Gasteiger partial charge on any atom is 0.407 e. The average molecular weight is 383 g/mol. The molecule has 0 spiro atoms. The summed E-state index contributed by atoms with van der Waals surface area (Å²) in [6, 6.07) is 16.5. The topological polar surface area (TPSA) is 73.9 Å². The van der Waals surface area contributed by atoms with Crippen molar-refractivity contribution in [3.05, 3.63) is 59.7 Å². The van der Waals surface area contributed by atoms with Gasteiger partial charge in [-0.1, -0.05) is 48.5 Å². The average Bonchev–Trinajstić information content (AvgIpc) is 3.02.